The van der Waals surface area contributed by atoms with Crippen LogP contribution in [0, 0.1) is 0 Å². The third-order valence-corrected chi connectivity index (χ3v) is 1.86. The molecule has 0 bridgehead atoms. The van der Waals surface area contributed by atoms with E-state index in [4.69, 9.17) is 10.3 Å². The van der Waals surface area contributed by atoms with Gasteiger partial charge in [-0.05, 0) is 12.0 Å². The lowest BCUT2D eigenvalue weighted by Crippen LogP contribution is -2.13. The summed E-state index contributed by atoms with van der Waals surface area (Å²) in [4.78, 5) is 10.5. The van der Waals surface area contributed by atoms with Crippen LogP contribution < -0.4 is 0 Å². The molecule has 1 aromatic carbocycles. The summed E-state index contributed by atoms with van der Waals surface area (Å²) in [6, 6.07) is 9.45. The first-order valence-corrected chi connectivity index (χ1v) is 4.22. The van der Waals surface area contributed by atoms with Gasteiger partial charge in [0.25, 0.3) is 0 Å². The predicted octanol–water partition coefficient (Wildman–Crippen LogP) is 1.53. The molecule has 0 atom stereocenters. The molecule has 0 spiro atoms. The van der Waals surface area contributed by atoms with Crippen molar-refractivity contribution in [3.05, 3.63) is 35.9 Å². The highest BCUT2D eigenvalue weighted by atomic mass is 16.4. The van der Waals surface area contributed by atoms with Crippen LogP contribution in [-0.2, 0) is 11.2 Å². The third kappa shape index (κ3) is 2.90. The molecule has 1 aromatic rings. The van der Waals surface area contributed by atoms with Crippen LogP contribution in [0.3, 0.4) is 0 Å². The van der Waals surface area contributed by atoms with Gasteiger partial charge in [-0.1, -0.05) is 35.5 Å². The molecule has 0 aliphatic rings. The fraction of sp³-hybridized carbons (Fsp3) is 0.200. The van der Waals surface area contributed by atoms with E-state index < -0.39 is 5.97 Å². The summed E-state index contributed by atoms with van der Waals surface area (Å²) in [7, 11) is 0. The molecule has 4 heteroatoms. The fourth-order valence-corrected chi connectivity index (χ4v) is 1.11. The Bertz CT molecular complexity index is 332. The van der Waals surface area contributed by atoms with Gasteiger partial charge in [-0.2, -0.15) is 0 Å². The molecule has 74 valence electrons. The van der Waals surface area contributed by atoms with E-state index >= 15 is 0 Å². The SMILES string of the molecule is O=C(O)C(CCc1ccccc1)=NO. The van der Waals surface area contributed by atoms with Crippen molar-refractivity contribution in [2.24, 2.45) is 5.16 Å². The second-order valence-corrected chi connectivity index (χ2v) is 2.84. The highest BCUT2D eigenvalue weighted by Gasteiger charge is 2.09. The van der Waals surface area contributed by atoms with Crippen LogP contribution in [0.5, 0.6) is 0 Å². The second kappa shape index (κ2) is 5.01. The van der Waals surface area contributed by atoms with Gasteiger partial charge in [-0.15, -0.1) is 0 Å². The van der Waals surface area contributed by atoms with Crippen LogP contribution in [0.1, 0.15) is 12.0 Å². The van der Waals surface area contributed by atoms with Gasteiger partial charge in [-0.3, -0.25) is 0 Å². The lowest BCUT2D eigenvalue weighted by atomic mass is 10.1. The quantitative estimate of drug-likeness (QED) is 0.433. The van der Waals surface area contributed by atoms with E-state index in [1.54, 1.807) is 0 Å². The minimum Gasteiger partial charge on any atom is -0.477 e. The van der Waals surface area contributed by atoms with Gasteiger partial charge in [0.1, 0.15) is 0 Å². The zero-order chi connectivity index (χ0) is 10.4. The first-order valence-electron chi connectivity index (χ1n) is 4.22. The standard InChI is InChI=1S/C10H11NO3/c12-10(13)9(11-14)7-6-8-4-2-1-3-5-8/h1-5,14H,6-7H2,(H,12,13). The number of rotatable bonds is 4. The number of oxime groups is 1. The van der Waals surface area contributed by atoms with Crippen molar-refractivity contribution >= 4 is 11.7 Å². The Morgan fingerprint density at radius 1 is 1.29 bits per heavy atom. The summed E-state index contributed by atoms with van der Waals surface area (Å²) in [5.41, 5.74) is 0.809. The molecule has 2 N–H and O–H groups in total. The predicted molar refractivity (Wildman–Crippen MR) is 51.6 cm³/mol. The zero-order valence-corrected chi connectivity index (χ0v) is 7.55. The number of carboxylic acid groups (broad SMARTS) is 1. The Hall–Kier alpha value is -1.84. The van der Waals surface area contributed by atoms with Crippen LogP contribution in [-0.4, -0.2) is 22.0 Å². The lowest BCUT2D eigenvalue weighted by Gasteiger charge is -1.99. The van der Waals surface area contributed by atoms with Gasteiger partial charge >= 0.3 is 5.97 Å². The first-order chi connectivity index (χ1) is 6.74. The molecule has 14 heavy (non-hydrogen) atoms. The van der Waals surface area contributed by atoms with E-state index in [1.807, 2.05) is 30.3 Å². The number of hydrogen-bond acceptors (Lipinski definition) is 3. The summed E-state index contributed by atoms with van der Waals surface area (Å²) in [6.07, 6.45) is 0.794. The number of carbonyl (C=O) groups is 1. The van der Waals surface area contributed by atoms with Crippen molar-refractivity contribution in [3.8, 4) is 0 Å². The summed E-state index contributed by atoms with van der Waals surface area (Å²) in [5.74, 6) is -1.18. The molecule has 0 radical (unpaired) electrons. The Kier molecular flexibility index (Phi) is 3.67. The molecule has 0 amide bonds. The van der Waals surface area contributed by atoms with E-state index in [2.05, 4.69) is 5.16 Å². The van der Waals surface area contributed by atoms with Crippen molar-refractivity contribution < 1.29 is 15.1 Å². The van der Waals surface area contributed by atoms with Crippen LogP contribution in [0.4, 0.5) is 0 Å². The smallest absolute Gasteiger partial charge is 0.353 e. The molecule has 0 heterocycles. The van der Waals surface area contributed by atoms with Gasteiger partial charge in [0, 0.05) is 6.42 Å². The summed E-state index contributed by atoms with van der Waals surface area (Å²) in [5, 5.41) is 19.7. The van der Waals surface area contributed by atoms with Gasteiger partial charge < -0.3 is 10.3 Å². The average Bonchev–Trinajstić information content (AvgIpc) is 2.20. The van der Waals surface area contributed by atoms with Crippen molar-refractivity contribution in [2.45, 2.75) is 12.8 Å². The maximum atomic E-state index is 10.5. The van der Waals surface area contributed by atoms with E-state index in [1.165, 1.54) is 0 Å². The Morgan fingerprint density at radius 3 is 2.43 bits per heavy atom. The second-order valence-electron chi connectivity index (χ2n) is 2.84. The highest BCUT2D eigenvalue weighted by molar-refractivity contribution is 6.35. The number of benzene rings is 1. The normalized spacial score (nSPS) is 11.3. The number of aryl methyl sites for hydroxylation is 1. The van der Waals surface area contributed by atoms with Gasteiger partial charge in [-0.25, -0.2) is 4.79 Å². The number of aliphatic carboxylic acids is 1. The molecule has 0 saturated carbocycles. The molecular formula is C10H11NO3. The van der Waals surface area contributed by atoms with Crippen molar-refractivity contribution in [1.82, 2.24) is 0 Å². The Balaban J connectivity index is 2.53. The van der Waals surface area contributed by atoms with Crippen LogP contribution in [0.2, 0.25) is 0 Å². The molecule has 0 unspecified atom stereocenters. The van der Waals surface area contributed by atoms with E-state index in [-0.39, 0.29) is 12.1 Å². The molecular weight excluding hydrogens is 182 g/mol. The monoisotopic (exact) mass is 193 g/mol. The molecule has 4 nitrogen and oxygen atoms in total. The van der Waals surface area contributed by atoms with Crippen LogP contribution in [0.25, 0.3) is 0 Å². The Labute approximate surface area is 81.5 Å². The summed E-state index contributed by atoms with van der Waals surface area (Å²) < 4.78 is 0. The van der Waals surface area contributed by atoms with E-state index in [9.17, 15) is 4.79 Å². The van der Waals surface area contributed by atoms with Crippen molar-refractivity contribution in [1.29, 1.82) is 0 Å². The third-order valence-electron chi connectivity index (χ3n) is 1.86. The maximum absolute atomic E-state index is 10.5. The van der Waals surface area contributed by atoms with Crippen molar-refractivity contribution in [2.75, 3.05) is 0 Å². The van der Waals surface area contributed by atoms with Crippen molar-refractivity contribution in [3.63, 3.8) is 0 Å². The maximum Gasteiger partial charge on any atom is 0.353 e. The minimum atomic E-state index is -1.18. The van der Waals surface area contributed by atoms with Crippen LogP contribution in [0.15, 0.2) is 35.5 Å². The topological polar surface area (TPSA) is 69.9 Å². The molecule has 0 fully saturated rings. The molecule has 0 saturated heterocycles. The number of nitrogens with zero attached hydrogens (tertiary/aromatic N) is 1. The number of carboxylic acids is 1. The van der Waals surface area contributed by atoms with E-state index in [0.29, 0.717) is 6.42 Å². The fourth-order valence-electron chi connectivity index (χ4n) is 1.11. The molecule has 0 aliphatic carbocycles. The number of hydrogen-bond donors (Lipinski definition) is 2. The lowest BCUT2D eigenvalue weighted by molar-refractivity contribution is -0.129. The molecule has 0 aliphatic heterocycles. The highest BCUT2D eigenvalue weighted by Crippen LogP contribution is 2.03. The minimum absolute atomic E-state index is 0.214. The zero-order valence-electron chi connectivity index (χ0n) is 7.55. The summed E-state index contributed by atoms with van der Waals surface area (Å²) >= 11 is 0. The average molecular weight is 193 g/mol. The first kappa shape index (κ1) is 10.2. The van der Waals surface area contributed by atoms with E-state index in [0.717, 1.165) is 5.56 Å². The van der Waals surface area contributed by atoms with Crippen LogP contribution >= 0.6 is 0 Å². The Morgan fingerprint density at radius 2 is 1.93 bits per heavy atom. The molecule has 1 rings (SSSR count). The molecule has 0 aromatic heterocycles. The van der Waals surface area contributed by atoms with Gasteiger partial charge in [0.05, 0.1) is 0 Å². The summed E-state index contributed by atoms with van der Waals surface area (Å²) in [6.45, 7) is 0. The van der Waals surface area contributed by atoms with Gasteiger partial charge in [0.15, 0.2) is 5.71 Å². The largest absolute Gasteiger partial charge is 0.477 e. The van der Waals surface area contributed by atoms with Gasteiger partial charge in [0.2, 0.25) is 0 Å².